The first-order valence-corrected chi connectivity index (χ1v) is 14.9. The summed E-state index contributed by atoms with van der Waals surface area (Å²) in [5, 5.41) is 0. The number of ether oxygens (including phenoxy) is 6. The molecule has 4 atom stereocenters. The Morgan fingerprint density at radius 2 is 1.28 bits per heavy atom. The van der Waals surface area contributed by atoms with Crippen molar-refractivity contribution in [2.24, 2.45) is 11.8 Å². The summed E-state index contributed by atoms with van der Waals surface area (Å²) in [7, 11) is 0. The van der Waals surface area contributed by atoms with Gasteiger partial charge in [-0.05, 0) is 67.0 Å². The van der Waals surface area contributed by atoms with E-state index in [1.165, 1.54) is 30.4 Å². The zero-order valence-electron chi connectivity index (χ0n) is 23.8. The largest absolute Gasteiger partial charge is 0.494 e. The summed E-state index contributed by atoms with van der Waals surface area (Å²) in [5.41, 5.74) is 2.39. The smallest absolute Gasteiger partial charge is 0.119 e. The Hall–Kier alpha value is -2.12. The summed E-state index contributed by atoms with van der Waals surface area (Å²) >= 11 is 0. The summed E-state index contributed by atoms with van der Waals surface area (Å²) in [6.07, 6.45) is 7.63. The van der Waals surface area contributed by atoms with Crippen LogP contribution in [-0.2, 0) is 24.4 Å². The molecule has 2 heterocycles. The van der Waals surface area contributed by atoms with Gasteiger partial charge in [-0.25, -0.2) is 0 Å². The van der Waals surface area contributed by atoms with Crippen molar-refractivity contribution in [3.8, 4) is 11.5 Å². The molecule has 2 aliphatic heterocycles. The fraction of sp³-hybridized carbons (Fsp3) is 0.636. The molecule has 4 unspecified atom stereocenters. The van der Waals surface area contributed by atoms with Gasteiger partial charge in [-0.15, -0.1) is 0 Å². The molecule has 6 heteroatoms. The van der Waals surface area contributed by atoms with Gasteiger partial charge >= 0.3 is 0 Å². The molecular formula is C33H46O6. The van der Waals surface area contributed by atoms with Crippen LogP contribution in [0.4, 0.5) is 0 Å². The minimum Gasteiger partial charge on any atom is -0.494 e. The molecule has 1 aliphatic carbocycles. The van der Waals surface area contributed by atoms with Gasteiger partial charge in [0.25, 0.3) is 0 Å². The molecule has 0 radical (unpaired) electrons. The molecule has 6 nitrogen and oxygen atoms in total. The lowest BCUT2D eigenvalue weighted by molar-refractivity contribution is 0.0791. The molecule has 2 aromatic rings. The van der Waals surface area contributed by atoms with Gasteiger partial charge in [0, 0.05) is 50.6 Å². The van der Waals surface area contributed by atoms with E-state index in [1.807, 2.05) is 0 Å². The SMILES string of the molecule is CC(C)(c1ccc(OCCCOCC2CCOC2)cc1)c1ccc(OCCCOCC2CCC3OC3C2)cc1. The molecule has 2 saturated heterocycles. The van der Waals surface area contributed by atoms with Crippen LogP contribution in [0.15, 0.2) is 48.5 Å². The van der Waals surface area contributed by atoms with E-state index in [1.54, 1.807) is 0 Å². The van der Waals surface area contributed by atoms with E-state index in [-0.39, 0.29) is 5.41 Å². The van der Waals surface area contributed by atoms with E-state index in [4.69, 9.17) is 28.4 Å². The Kier molecular flexibility index (Phi) is 10.2. The molecule has 2 aromatic carbocycles. The molecule has 0 bridgehead atoms. The molecule has 5 rings (SSSR count). The maximum absolute atomic E-state index is 5.97. The minimum atomic E-state index is -0.118. The van der Waals surface area contributed by atoms with Crippen LogP contribution in [0.25, 0.3) is 0 Å². The van der Waals surface area contributed by atoms with Crippen molar-refractivity contribution in [2.45, 2.75) is 70.0 Å². The highest BCUT2D eigenvalue weighted by atomic mass is 16.6. The molecule has 0 amide bonds. The first-order valence-electron chi connectivity index (χ1n) is 14.9. The van der Waals surface area contributed by atoms with Crippen molar-refractivity contribution in [1.29, 1.82) is 0 Å². The molecule has 3 aliphatic rings. The summed E-state index contributed by atoms with van der Waals surface area (Å²) < 4.78 is 34.6. The molecule has 3 fully saturated rings. The van der Waals surface area contributed by atoms with E-state index in [2.05, 4.69) is 62.4 Å². The van der Waals surface area contributed by atoms with Gasteiger partial charge < -0.3 is 28.4 Å². The number of hydrogen-bond acceptors (Lipinski definition) is 6. The monoisotopic (exact) mass is 538 g/mol. The standard InChI is InChI=1S/C33H46O6/c1-33(2,28-8-12-30(13-9-28)38-19-4-17-35-23-26-15-20-36-24-26)27-6-10-29(11-7-27)37-18-3-16-34-22-25-5-14-31-32(21-25)39-31/h6-13,25-26,31-32H,3-5,14-24H2,1-2H3. The van der Waals surface area contributed by atoms with Gasteiger partial charge in [0.2, 0.25) is 0 Å². The van der Waals surface area contributed by atoms with Crippen LogP contribution in [-0.4, -0.2) is 65.1 Å². The lowest BCUT2D eigenvalue weighted by Gasteiger charge is -2.26. The first-order chi connectivity index (χ1) is 19.1. The summed E-state index contributed by atoms with van der Waals surface area (Å²) in [5.74, 6) is 3.04. The summed E-state index contributed by atoms with van der Waals surface area (Å²) in [6.45, 7) is 10.7. The Labute approximate surface area is 234 Å². The van der Waals surface area contributed by atoms with E-state index >= 15 is 0 Å². The normalized spacial score (nSPS) is 24.4. The fourth-order valence-electron chi connectivity index (χ4n) is 5.66. The van der Waals surface area contributed by atoms with Crippen LogP contribution in [0.3, 0.4) is 0 Å². The van der Waals surface area contributed by atoms with E-state index in [9.17, 15) is 0 Å². The van der Waals surface area contributed by atoms with Gasteiger partial charge in [0.05, 0.1) is 38.6 Å². The van der Waals surface area contributed by atoms with Gasteiger partial charge in [0.1, 0.15) is 11.5 Å². The number of fused-ring (bicyclic) bond motifs is 1. The minimum absolute atomic E-state index is 0.118. The van der Waals surface area contributed by atoms with Gasteiger partial charge in [0.15, 0.2) is 0 Å². The molecule has 0 N–H and O–H groups in total. The molecule has 0 spiro atoms. The maximum Gasteiger partial charge on any atom is 0.119 e. The third-order valence-corrected chi connectivity index (χ3v) is 8.40. The van der Waals surface area contributed by atoms with Gasteiger partial charge in [-0.1, -0.05) is 38.1 Å². The van der Waals surface area contributed by atoms with Crippen LogP contribution in [0.2, 0.25) is 0 Å². The van der Waals surface area contributed by atoms with Crippen LogP contribution < -0.4 is 9.47 Å². The van der Waals surface area contributed by atoms with E-state index in [0.717, 1.165) is 70.4 Å². The second-order valence-electron chi connectivity index (χ2n) is 11.8. The quantitative estimate of drug-likeness (QED) is 0.188. The highest BCUT2D eigenvalue weighted by Gasteiger charge is 2.43. The second kappa shape index (κ2) is 14.0. The predicted octanol–water partition coefficient (Wildman–Crippen LogP) is 6.19. The van der Waals surface area contributed by atoms with Gasteiger partial charge in [-0.3, -0.25) is 0 Å². The Bertz CT molecular complexity index is 982. The number of rotatable bonds is 16. The second-order valence-corrected chi connectivity index (χ2v) is 11.8. The predicted molar refractivity (Wildman–Crippen MR) is 152 cm³/mol. The van der Waals surface area contributed by atoms with Crippen LogP contribution in [0, 0.1) is 11.8 Å². The number of benzene rings is 2. The fourth-order valence-corrected chi connectivity index (χ4v) is 5.66. The van der Waals surface area contributed by atoms with Gasteiger partial charge in [-0.2, -0.15) is 0 Å². The van der Waals surface area contributed by atoms with Crippen molar-refractivity contribution in [1.82, 2.24) is 0 Å². The lowest BCUT2D eigenvalue weighted by Crippen LogP contribution is -2.19. The molecular weight excluding hydrogens is 492 g/mol. The lowest BCUT2D eigenvalue weighted by atomic mass is 9.78. The van der Waals surface area contributed by atoms with Crippen LogP contribution in [0.5, 0.6) is 11.5 Å². The van der Waals surface area contributed by atoms with E-state index < -0.39 is 0 Å². The average Bonchev–Trinajstić information content (AvgIpc) is 3.54. The third-order valence-electron chi connectivity index (χ3n) is 8.40. The Balaban J connectivity index is 0.969. The van der Waals surface area contributed by atoms with Crippen LogP contribution >= 0.6 is 0 Å². The Morgan fingerprint density at radius 1 is 0.692 bits per heavy atom. The highest BCUT2D eigenvalue weighted by Crippen LogP contribution is 2.39. The van der Waals surface area contributed by atoms with Crippen molar-refractivity contribution in [3.05, 3.63) is 59.7 Å². The topological polar surface area (TPSA) is 58.7 Å². The molecule has 1 saturated carbocycles. The zero-order valence-corrected chi connectivity index (χ0v) is 23.8. The zero-order chi connectivity index (χ0) is 26.9. The maximum atomic E-state index is 5.97. The number of hydrogen-bond donors (Lipinski definition) is 0. The van der Waals surface area contributed by atoms with Crippen molar-refractivity contribution < 1.29 is 28.4 Å². The molecule has 214 valence electrons. The summed E-state index contributed by atoms with van der Waals surface area (Å²) in [4.78, 5) is 0. The van der Waals surface area contributed by atoms with E-state index in [0.29, 0.717) is 37.3 Å². The average molecular weight is 539 g/mol. The third kappa shape index (κ3) is 8.43. The first kappa shape index (κ1) is 28.4. The van der Waals surface area contributed by atoms with Crippen LogP contribution in [0.1, 0.15) is 63.5 Å². The number of epoxide rings is 1. The molecule has 39 heavy (non-hydrogen) atoms. The van der Waals surface area contributed by atoms with Crippen molar-refractivity contribution in [2.75, 3.05) is 52.9 Å². The molecule has 0 aromatic heterocycles. The van der Waals surface area contributed by atoms with Crippen molar-refractivity contribution in [3.63, 3.8) is 0 Å². The van der Waals surface area contributed by atoms with Crippen molar-refractivity contribution >= 4 is 0 Å². The Morgan fingerprint density at radius 3 is 1.82 bits per heavy atom. The highest BCUT2D eigenvalue weighted by molar-refractivity contribution is 5.41. The summed E-state index contributed by atoms with van der Waals surface area (Å²) in [6, 6.07) is 17.0.